The third kappa shape index (κ3) is 6.84. The lowest BCUT2D eigenvalue weighted by Crippen LogP contribution is -2.16. The molecule has 1 aromatic rings. The van der Waals surface area contributed by atoms with E-state index in [1.807, 2.05) is 6.92 Å². The minimum absolute atomic E-state index is 0.214. The average molecular weight is 289 g/mol. The maximum Gasteiger partial charge on any atom is 0.183 e. The van der Waals surface area contributed by atoms with Gasteiger partial charge in [-0.05, 0) is 13.3 Å². The summed E-state index contributed by atoms with van der Waals surface area (Å²) in [6.07, 6.45) is 5.54. The van der Waals surface area contributed by atoms with Crippen LogP contribution in [0, 0.1) is 6.92 Å². The Morgan fingerprint density at radius 2 is 2.11 bits per heavy atom. The molecule has 0 fully saturated rings. The van der Waals surface area contributed by atoms with E-state index < -0.39 is 0 Å². The predicted octanol–water partition coefficient (Wildman–Crippen LogP) is 3.00. The van der Waals surface area contributed by atoms with Gasteiger partial charge in [-0.2, -0.15) is 0 Å². The molecule has 0 unspecified atom stereocenters. The van der Waals surface area contributed by atoms with Crippen LogP contribution in [0.15, 0.2) is 0 Å². The second-order valence-corrected chi connectivity index (χ2v) is 5.43. The molecule has 110 valence electrons. The van der Waals surface area contributed by atoms with Crippen molar-refractivity contribution in [3.05, 3.63) is 10.6 Å². The second-order valence-electron chi connectivity index (χ2n) is 4.35. The second kappa shape index (κ2) is 9.22. The zero-order valence-electron chi connectivity index (χ0n) is 11.6. The summed E-state index contributed by atoms with van der Waals surface area (Å²) in [5, 5.41) is 20.9. The van der Waals surface area contributed by atoms with Gasteiger partial charge < -0.3 is 5.32 Å². The molecule has 0 bridgehead atoms. The number of thiazole rings is 1. The number of rotatable bonds is 10. The van der Waals surface area contributed by atoms with Gasteiger partial charge in [0.25, 0.3) is 0 Å². The molecule has 3 N–H and O–H groups in total. The third-order valence-electron chi connectivity index (χ3n) is 2.74. The molecular formula is C12H23N3O3S. The van der Waals surface area contributed by atoms with Gasteiger partial charge in [-0.3, -0.25) is 15.3 Å². The number of aromatic nitrogens is 1. The highest BCUT2D eigenvalue weighted by molar-refractivity contribution is 7.15. The van der Waals surface area contributed by atoms with Gasteiger partial charge in [-0.15, -0.1) is 11.3 Å². The van der Waals surface area contributed by atoms with Crippen molar-refractivity contribution < 1.29 is 15.3 Å². The predicted molar refractivity (Wildman–Crippen MR) is 74.6 cm³/mol. The van der Waals surface area contributed by atoms with Crippen LogP contribution in [-0.2, 0) is 11.3 Å². The van der Waals surface area contributed by atoms with E-state index in [0.29, 0.717) is 6.42 Å². The van der Waals surface area contributed by atoms with Crippen molar-refractivity contribution in [3.8, 4) is 0 Å². The van der Waals surface area contributed by atoms with Crippen LogP contribution in [0.4, 0.5) is 5.13 Å². The Labute approximate surface area is 117 Å². The van der Waals surface area contributed by atoms with E-state index in [1.165, 1.54) is 19.3 Å². The maximum atomic E-state index is 8.43. The van der Waals surface area contributed by atoms with Crippen molar-refractivity contribution in [2.75, 3.05) is 18.5 Å². The highest BCUT2D eigenvalue weighted by atomic mass is 32.1. The zero-order chi connectivity index (χ0) is 14.1. The third-order valence-corrected chi connectivity index (χ3v) is 3.91. The van der Waals surface area contributed by atoms with Gasteiger partial charge in [-0.1, -0.05) is 26.2 Å². The fourth-order valence-electron chi connectivity index (χ4n) is 1.70. The molecule has 1 aromatic heterocycles. The minimum Gasteiger partial charge on any atom is -0.362 e. The van der Waals surface area contributed by atoms with Crippen LogP contribution in [0.1, 0.15) is 43.2 Å². The van der Waals surface area contributed by atoms with E-state index >= 15 is 0 Å². The summed E-state index contributed by atoms with van der Waals surface area (Å²) in [7, 11) is 0. The quantitative estimate of drug-likeness (QED) is 0.454. The lowest BCUT2D eigenvalue weighted by Gasteiger charge is -2.04. The highest BCUT2D eigenvalue weighted by Gasteiger charge is 2.07. The summed E-state index contributed by atoms with van der Waals surface area (Å²) in [6, 6.07) is 0. The largest absolute Gasteiger partial charge is 0.362 e. The molecule has 0 amide bonds. The molecule has 1 heterocycles. The average Bonchev–Trinajstić information content (AvgIpc) is 2.69. The molecule has 0 saturated carbocycles. The van der Waals surface area contributed by atoms with Crippen LogP contribution < -0.4 is 5.32 Å². The molecule has 0 aromatic carbocycles. The standard InChI is InChI=1S/C12H23N3O3S/c1-3-4-5-6-8-13-12-14-10(2)11(19-12)7-9-18-15(16)17/h16-17H,3-9H2,1-2H3,(H,13,14). The van der Waals surface area contributed by atoms with E-state index in [1.54, 1.807) is 11.3 Å². The van der Waals surface area contributed by atoms with Crippen LogP contribution in [0.3, 0.4) is 0 Å². The van der Waals surface area contributed by atoms with Gasteiger partial charge in [0, 0.05) is 17.8 Å². The topological polar surface area (TPSA) is 77.9 Å². The van der Waals surface area contributed by atoms with Crippen LogP contribution in [-0.4, -0.2) is 33.9 Å². The van der Waals surface area contributed by atoms with Crippen molar-refractivity contribution in [1.29, 1.82) is 0 Å². The first-order valence-electron chi connectivity index (χ1n) is 6.64. The van der Waals surface area contributed by atoms with Crippen LogP contribution in [0.5, 0.6) is 0 Å². The summed E-state index contributed by atoms with van der Waals surface area (Å²) >= 11 is 1.59. The Bertz CT molecular complexity index is 358. The van der Waals surface area contributed by atoms with Crippen molar-refractivity contribution in [3.63, 3.8) is 0 Å². The highest BCUT2D eigenvalue weighted by Crippen LogP contribution is 2.23. The molecule has 6 nitrogen and oxygen atoms in total. The molecule has 19 heavy (non-hydrogen) atoms. The minimum atomic E-state index is -0.261. The first kappa shape index (κ1) is 16.3. The molecule has 1 rings (SSSR count). The number of nitrogens with one attached hydrogen (secondary N) is 1. The van der Waals surface area contributed by atoms with Gasteiger partial charge in [0.05, 0.1) is 17.7 Å². The summed E-state index contributed by atoms with van der Waals surface area (Å²) in [4.78, 5) is 10.1. The van der Waals surface area contributed by atoms with Gasteiger partial charge in [0.2, 0.25) is 0 Å². The summed E-state index contributed by atoms with van der Waals surface area (Å²) in [6.45, 7) is 5.31. The van der Waals surface area contributed by atoms with Gasteiger partial charge >= 0.3 is 0 Å². The van der Waals surface area contributed by atoms with Crippen LogP contribution in [0.25, 0.3) is 0 Å². The number of anilines is 1. The lowest BCUT2D eigenvalue weighted by molar-refractivity contribution is -0.492. The summed E-state index contributed by atoms with van der Waals surface area (Å²) < 4.78 is 0. The normalized spacial score (nSPS) is 11.2. The van der Waals surface area contributed by atoms with Gasteiger partial charge in [0.15, 0.2) is 5.13 Å². The smallest absolute Gasteiger partial charge is 0.183 e. The number of aryl methyl sites for hydroxylation is 1. The van der Waals surface area contributed by atoms with Gasteiger partial charge in [0.1, 0.15) is 0 Å². The Morgan fingerprint density at radius 3 is 2.79 bits per heavy atom. The lowest BCUT2D eigenvalue weighted by atomic mass is 10.2. The molecule has 0 aliphatic carbocycles. The Balaban J connectivity index is 2.28. The van der Waals surface area contributed by atoms with E-state index in [-0.39, 0.29) is 12.0 Å². The first-order chi connectivity index (χ1) is 9.13. The molecule has 0 atom stereocenters. The first-order valence-corrected chi connectivity index (χ1v) is 7.46. The molecule has 0 saturated heterocycles. The fraction of sp³-hybridized carbons (Fsp3) is 0.750. The molecule has 7 heteroatoms. The van der Waals surface area contributed by atoms with Crippen LogP contribution >= 0.6 is 11.3 Å². The van der Waals surface area contributed by atoms with E-state index in [4.69, 9.17) is 10.4 Å². The van der Waals surface area contributed by atoms with Crippen molar-refractivity contribution >= 4 is 16.5 Å². The maximum absolute atomic E-state index is 8.43. The zero-order valence-corrected chi connectivity index (χ0v) is 12.4. The monoisotopic (exact) mass is 289 g/mol. The van der Waals surface area contributed by atoms with E-state index in [2.05, 4.69) is 22.1 Å². The van der Waals surface area contributed by atoms with Gasteiger partial charge in [-0.25, -0.2) is 4.98 Å². The van der Waals surface area contributed by atoms with Crippen LogP contribution in [0.2, 0.25) is 0 Å². The molecule has 0 radical (unpaired) electrons. The summed E-state index contributed by atoms with van der Waals surface area (Å²) in [5.74, 6) is 0. The van der Waals surface area contributed by atoms with Crippen molar-refractivity contribution in [2.24, 2.45) is 0 Å². The summed E-state index contributed by atoms with van der Waals surface area (Å²) in [5.41, 5.74) is 0.965. The van der Waals surface area contributed by atoms with Crippen molar-refractivity contribution in [1.82, 2.24) is 10.4 Å². The van der Waals surface area contributed by atoms with E-state index in [9.17, 15) is 0 Å². The molecule has 0 aliphatic heterocycles. The molecule has 0 spiro atoms. The SMILES string of the molecule is CCCCCCNc1nc(C)c(CCON(O)O)s1. The fourth-order valence-corrected chi connectivity index (χ4v) is 2.67. The van der Waals surface area contributed by atoms with Crippen molar-refractivity contribution in [2.45, 2.75) is 46.0 Å². The van der Waals surface area contributed by atoms with E-state index in [0.717, 1.165) is 28.7 Å². The Hall–Kier alpha value is -0.730. The number of hydrogen-bond acceptors (Lipinski definition) is 7. The number of unbranched alkanes of at least 4 members (excludes halogenated alkanes) is 3. The molecular weight excluding hydrogens is 266 g/mol. The number of hydrogen-bond donors (Lipinski definition) is 3. The molecule has 0 aliphatic rings. The number of nitrogens with zero attached hydrogens (tertiary/aromatic N) is 2. The Morgan fingerprint density at radius 1 is 1.32 bits per heavy atom. The Kier molecular flexibility index (Phi) is 7.92.